The Labute approximate surface area is 159 Å². The predicted molar refractivity (Wildman–Crippen MR) is 102 cm³/mol. The summed E-state index contributed by atoms with van der Waals surface area (Å²) < 4.78 is 14.0. The molecule has 3 aromatic heterocycles. The van der Waals surface area contributed by atoms with Crippen LogP contribution in [-0.2, 0) is 17.0 Å². The molecule has 0 aliphatic rings. The van der Waals surface area contributed by atoms with Gasteiger partial charge in [-0.1, -0.05) is 29.1 Å². The number of benzene rings is 1. The van der Waals surface area contributed by atoms with Crippen LogP contribution in [0.4, 0.5) is 0 Å². The van der Waals surface area contributed by atoms with Crippen molar-refractivity contribution in [3.05, 3.63) is 52.1 Å². The van der Waals surface area contributed by atoms with Gasteiger partial charge in [0.25, 0.3) is 5.56 Å². The molecule has 9 heteroatoms. The molecule has 0 aliphatic carbocycles. The summed E-state index contributed by atoms with van der Waals surface area (Å²) >= 11 is 1.50. The molecule has 0 fully saturated rings. The van der Waals surface area contributed by atoms with Crippen LogP contribution in [0.25, 0.3) is 16.7 Å². The van der Waals surface area contributed by atoms with Crippen molar-refractivity contribution < 1.29 is 9.26 Å². The number of nitrogens with zero attached hydrogens (tertiary/aromatic N) is 5. The average Bonchev–Trinajstić information content (AvgIpc) is 3.29. The fourth-order valence-corrected chi connectivity index (χ4v) is 3.83. The molecule has 0 saturated carbocycles. The SMILES string of the molecule is COCCCn1c(=O)c2ccccc2n2c(SCc3cc(C)no3)nnc12. The third kappa shape index (κ3) is 3.35. The molecule has 0 amide bonds. The molecule has 1 aromatic carbocycles. The maximum atomic E-state index is 12.9. The molecular weight excluding hydrogens is 366 g/mol. The summed E-state index contributed by atoms with van der Waals surface area (Å²) in [7, 11) is 1.65. The van der Waals surface area contributed by atoms with Gasteiger partial charge in [0.1, 0.15) is 5.76 Å². The highest BCUT2D eigenvalue weighted by atomic mass is 32.2. The summed E-state index contributed by atoms with van der Waals surface area (Å²) in [5, 5.41) is 13.9. The van der Waals surface area contributed by atoms with Gasteiger partial charge in [-0.15, -0.1) is 10.2 Å². The monoisotopic (exact) mass is 385 g/mol. The normalized spacial score (nSPS) is 11.6. The third-order valence-corrected chi connectivity index (χ3v) is 5.18. The Balaban J connectivity index is 1.80. The maximum absolute atomic E-state index is 12.9. The Kier molecular flexibility index (Phi) is 4.95. The zero-order chi connectivity index (χ0) is 18.8. The van der Waals surface area contributed by atoms with Gasteiger partial charge >= 0.3 is 0 Å². The molecule has 0 saturated heterocycles. The van der Waals surface area contributed by atoms with E-state index in [1.54, 1.807) is 11.7 Å². The van der Waals surface area contributed by atoms with Crippen LogP contribution in [0.15, 0.2) is 44.8 Å². The average molecular weight is 385 g/mol. The molecule has 27 heavy (non-hydrogen) atoms. The summed E-state index contributed by atoms with van der Waals surface area (Å²) in [6.07, 6.45) is 0.719. The molecule has 140 valence electrons. The molecule has 0 N–H and O–H groups in total. The molecular formula is C18H19N5O3S. The van der Waals surface area contributed by atoms with Crippen LogP contribution >= 0.6 is 11.8 Å². The van der Waals surface area contributed by atoms with E-state index in [9.17, 15) is 4.79 Å². The van der Waals surface area contributed by atoms with E-state index in [0.29, 0.717) is 35.2 Å². The van der Waals surface area contributed by atoms with Gasteiger partial charge in [-0.3, -0.25) is 13.8 Å². The van der Waals surface area contributed by atoms with Gasteiger partial charge in [0.15, 0.2) is 5.16 Å². The predicted octanol–water partition coefficient (Wildman–Crippen LogP) is 2.67. The zero-order valence-corrected chi connectivity index (χ0v) is 15.9. The molecule has 0 aliphatic heterocycles. The Morgan fingerprint density at radius 2 is 2.11 bits per heavy atom. The Bertz CT molecular complexity index is 1150. The molecule has 0 unspecified atom stereocenters. The molecule has 8 nitrogen and oxygen atoms in total. The molecule has 4 aromatic rings. The summed E-state index contributed by atoms with van der Waals surface area (Å²) in [4.78, 5) is 12.9. The minimum absolute atomic E-state index is 0.0657. The van der Waals surface area contributed by atoms with Crippen molar-refractivity contribution >= 4 is 28.4 Å². The van der Waals surface area contributed by atoms with E-state index in [1.807, 2.05) is 41.7 Å². The highest BCUT2D eigenvalue weighted by Crippen LogP contribution is 2.25. The number of para-hydroxylation sites is 1. The second kappa shape index (κ2) is 7.53. The molecule has 0 radical (unpaired) electrons. The zero-order valence-electron chi connectivity index (χ0n) is 15.1. The van der Waals surface area contributed by atoms with Crippen molar-refractivity contribution in [2.24, 2.45) is 0 Å². The standard InChI is InChI=1S/C18H19N5O3S/c1-12-10-13(26-21-12)11-27-18-20-19-17-22(8-5-9-25-2)16(24)14-6-3-4-7-15(14)23(17)18/h3-4,6-7,10H,5,8-9,11H2,1-2H3. The highest BCUT2D eigenvalue weighted by Gasteiger charge is 2.17. The first-order chi connectivity index (χ1) is 13.2. The van der Waals surface area contributed by atoms with Crippen LogP contribution in [0.1, 0.15) is 17.9 Å². The topological polar surface area (TPSA) is 87.5 Å². The number of methoxy groups -OCH3 is 1. The number of hydrogen-bond donors (Lipinski definition) is 0. The second-order valence-electron chi connectivity index (χ2n) is 6.16. The first-order valence-corrected chi connectivity index (χ1v) is 9.58. The van der Waals surface area contributed by atoms with Crippen LogP contribution in [-0.4, -0.2) is 38.0 Å². The Morgan fingerprint density at radius 1 is 1.26 bits per heavy atom. The van der Waals surface area contributed by atoms with Gasteiger partial charge in [0, 0.05) is 26.3 Å². The number of hydrogen-bond acceptors (Lipinski definition) is 7. The van der Waals surface area contributed by atoms with Crippen molar-refractivity contribution in [2.75, 3.05) is 13.7 Å². The maximum Gasteiger partial charge on any atom is 0.262 e. The van der Waals surface area contributed by atoms with Crippen LogP contribution in [0.2, 0.25) is 0 Å². The lowest BCUT2D eigenvalue weighted by atomic mass is 10.2. The van der Waals surface area contributed by atoms with Crippen LogP contribution in [0.5, 0.6) is 0 Å². The van der Waals surface area contributed by atoms with Gasteiger partial charge in [-0.05, 0) is 25.5 Å². The lowest BCUT2D eigenvalue weighted by Gasteiger charge is -2.10. The number of thioether (sulfide) groups is 1. The lowest BCUT2D eigenvalue weighted by molar-refractivity contribution is 0.190. The number of rotatable bonds is 7. The summed E-state index contributed by atoms with van der Waals surface area (Å²) in [6, 6.07) is 9.41. The van der Waals surface area contributed by atoms with E-state index in [1.165, 1.54) is 11.8 Å². The Morgan fingerprint density at radius 3 is 2.89 bits per heavy atom. The smallest absolute Gasteiger partial charge is 0.262 e. The fourth-order valence-electron chi connectivity index (χ4n) is 3.02. The van der Waals surface area contributed by atoms with Crippen LogP contribution < -0.4 is 5.56 Å². The quantitative estimate of drug-likeness (QED) is 0.357. The third-order valence-electron chi connectivity index (χ3n) is 4.23. The molecule has 0 atom stereocenters. The summed E-state index contributed by atoms with van der Waals surface area (Å²) in [6.45, 7) is 2.98. The van der Waals surface area contributed by atoms with E-state index in [0.717, 1.165) is 23.4 Å². The molecule has 0 spiro atoms. The van der Waals surface area contributed by atoms with E-state index >= 15 is 0 Å². The largest absolute Gasteiger partial charge is 0.385 e. The highest BCUT2D eigenvalue weighted by molar-refractivity contribution is 7.98. The van der Waals surface area contributed by atoms with E-state index < -0.39 is 0 Å². The van der Waals surface area contributed by atoms with Crippen molar-refractivity contribution in [1.29, 1.82) is 0 Å². The van der Waals surface area contributed by atoms with E-state index in [4.69, 9.17) is 9.26 Å². The van der Waals surface area contributed by atoms with Gasteiger partial charge in [-0.25, -0.2) is 0 Å². The van der Waals surface area contributed by atoms with Gasteiger partial charge in [-0.2, -0.15) is 0 Å². The number of fused-ring (bicyclic) bond motifs is 3. The Hall–Kier alpha value is -2.65. The minimum atomic E-state index is -0.0657. The molecule has 4 rings (SSSR count). The second-order valence-corrected chi connectivity index (χ2v) is 7.10. The lowest BCUT2D eigenvalue weighted by Crippen LogP contribution is -2.24. The summed E-state index contributed by atoms with van der Waals surface area (Å²) in [5.41, 5.74) is 1.57. The van der Waals surface area contributed by atoms with Crippen molar-refractivity contribution in [2.45, 2.75) is 30.8 Å². The van der Waals surface area contributed by atoms with Crippen LogP contribution in [0.3, 0.4) is 0 Å². The van der Waals surface area contributed by atoms with Crippen LogP contribution in [0, 0.1) is 6.92 Å². The number of ether oxygens (including phenoxy) is 1. The van der Waals surface area contributed by atoms with Crippen molar-refractivity contribution in [3.63, 3.8) is 0 Å². The van der Waals surface area contributed by atoms with Gasteiger partial charge in [0.05, 0.1) is 22.3 Å². The first-order valence-electron chi connectivity index (χ1n) is 8.59. The van der Waals surface area contributed by atoms with Crippen molar-refractivity contribution in [3.8, 4) is 0 Å². The van der Waals surface area contributed by atoms with Crippen molar-refractivity contribution in [1.82, 2.24) is 24.3 Å². The molecule has 3 heterocycles. The number of aromatic nitrogens is 5. The van der Waals surface area contributed by atoms with Gasteiger partial charge in [0.2, 0.25) is 5.78 Å². The molecule has 0 bridgehead atoms. The first kappa shape index (κ1) is 17.7. The van der Waals surface area contributed by atoms with E-state index in [2.05, 4.69) is 15.4 Å². The van der Waals surface area contributed by atoms with E-state index in [-0.39, 0.29) is 5.56 Å². The minimum Gasteiger partial charge on any atom is -0.385 e. The van der Waals surface area contributed by atoms with Gasteiger partial charge < -0.3 is 9.26 Å². The number of aryl methyl sites for hydroxylation is 2. The summed E-state index contributed by atoms with van der Waals surface area (Å²) in [5.74, 6) is 1.89. The fraction of sp³-hybridized carbons (Fsp3) is 0.333.